The van der Waals surface area contributed by atoms with E-state index in [2.05, 4.69) is 58.0 Å². The van der Waals surface area contributed by atoms with Crippen LogP contribution in [0, 0.1) is 34.0 Å². The predicted molar refractivity (Wildman–Crippen MR) is 122 cm³/mol. The maximum absolute atomic E-state index is 13.2. The molecule has 0 heterocycles. The largest absolute Gasteiger partial charge is 0.390 e. The van der Waals surface area contributed by atoms with Crippen LogP contribution in [0.25, 0.3) is 6.08 Å². The highest BCUT2D eigenvalue weighted by molar-refractivity contribution is 6.01. The van der Waals surface area contributed by atoms with Gasteiger partial charge in [0.1, 0.15) is 0 Å². The molecule has 4 aliphatic rings. The lowest BCUT2D eigenvalue weighted by molar-refractivity contribution is -0.169. The Balaban J connectivity index is 1.50. The van der Waals surface area contributed by atoms with Gasteiger partial charge in [-0.2, -0.15) is 0 Å². The van der Waals surface area contributed by atoms with Crippen molar-refractivity contribution >= 4 is 11.9 Å². The summed E-state index contributed by atoms with van der Waals surface area (Å²) in [5, 5.41) is 11.2. The molecule has 4 aliphatic carbocycles. The van der Waals surface area contributed by atoms with Crippen molar-refractivity contribution in [2.45, 2.75) is 84.7 Å². The highest BCUT2D eigenvalue weighted by Crippen LogP contribution is 2.71. The maximum atomic E-state index is 13.2. The monoisotopic (exact) mass is 406 g/mol. The van der Waals surface area contributed by atoms with Crippen molar-refractivity contribution in [2.24, 2.45) is 34.0 Å². The van der Waals surface area contributed by atoms with E-state index in [9.17, 15) is 9.90 Å². The number of rotatable bonds is 1. The lowest BCUT2D eigenvalue weighted by Crippen LogP contribution is -2.59. The summed E-state index contributed by atoms with van der Waals surface area (Å²) in [6.45, 7) is 9.36. The molecule has 7 atom stereocenters. The lowest BCUT2D eigenvalue weighted by Gasteiger charge is -2.64. The van der Waals surface area contributed by atoms with Gasteiger partial charge in [-0.05, 0) is 103 Å². The van der Waals surface area contributed by atoms with E-state index in [-0.39, 0.29) is 16.2 Å². The number of ketones is 1. The third-order valence-electron chi connectivity index (χ3n) is 10.8. The number of carbonyl (C=O) groups excluding carboxylic acids is 1. The average Bonchev–Trinajstić information content (AvgIpc) is 2.94. The second kappa shape index (κ2) is 6.55. The zero-order valence-electron chi connectivity index (χ0n) is 19.2. The fraction of sp³-hybridized carbons (Fsp3) is 0.679. The Labute approximate surface area is 182 Å². The molecule has 1 aromatic carbocycles. The van der Waals surface area contributed by atoms with Crippen molar-refractivity contribution in [3.05, 3.63) is 41.5 Å². The average molecular weight is 407 g/mol. The molecule has 0 aliphatic heterocycles. The van der Waals surface area contributed by atoms with Crippen LogP contribution < -0.4 is 0 Å². The third-order valence-corrected chi connectivity index (χ3v) is 10.8. The number of Topliss-reactive ketones (excluding diaryl/α,β-unsaturated/α-hetero) is 1. The lowest BCUT2D eigenvalue weighted by atomic mass is 9.40. The van der Waals surface area contributed by atoms with Crippen LogP contribution in [-0.4, -0.2) is 16.5 Å². The van der Waals surface area contributed by atoms with Crippen molar-refractivity contribution in [3.63, 3.8) is 0 Å². The molecule has 0 spiro atoms. The molecule has 2 nitrogen and oxygen atoms in total. The van der Waals surface area contributed by atoms with Crippen LogP contribution in [0.15, 0.2) is 35.9 Å². The van der Waals surface area contributed by atoms with E-state index in [0.29, 0.717) is 30.0 Å². The molecule has 0 aromatic heterocycles. The van der Waals surface area contributed by atoms with Gasteiger partial charge >= 0.3 is 0 Å². The molecule has 1 N–H and O–H groups in total. The number of hydrogen-bond donors (Lipinski definition) is 1. The minimum atomic E-state index is -0.523. The molecule has 30 heavy (non-hydrogen) atoms. The molecule has 2 heteroatoms. The first kappa shape index (κ1) is 20.5. The first-order valence-electron chi connectivity index (χ1n) is 12.1. The van der Waals surface area contributed by atoms with Crippen LogP contribution in [0.3, 0.4) is 0 Å². The molecule has 0 amide bonds. The molecule has 0 bridgehead atoms. The van der Waals surface area contributed by atoms with Crippen LogP contribution in [-0.2, 0) is 4.79 Å². The van der Waals surface area contributed by atoms with E-state index in [1.54, 1.807) is 0 Å². The Morgan fingerprint density at radius 3 is 2.27 bits per heavy atom. The van der Waals surface area contributed by atoms with Crippen LogP contribution >= 0.6 is 0 Å². The van der Waals surface area contributed by atoms with Crippen LogP contribution in [0.1, 0.15) is 84.6 Å². The van der Waals surface area contributed by atoms with Gasteiger partial charge in [-0.15, -0.1) is 0 Å². The summed E-state index contributed by atoms with van der Waals surface area (Å²) in [7, 11) is 0. The van der Waals surface area contributed by atoms with Gasteiger partial charge < -0.3 is 5.11 Å². The summed E-state index contributed by atoms with van der Waals surface area (Å²) < 4.78 is 0. The fourth-order valence-electron chi connectivity index (χ4n) is 8.42. The van der Waals surface area contributed by atoms with E-state index in [1.807, 2.05) is 6.07 Å². The van der Waals surface area contributed by atoms with Gasteiger partial charge in [0.2, 0.25) is 0 Å². The summed E-state index contributed by atoms with van der Waals surface area (Å²) in [6.07, 6.45) is 10.6. The van der Waals surface area contributed by atoms with Crippen molar-refractivity contribution in [2.75, 3.05) is 0 Å². The molecule has 4 saturated carbocycles. The second-order valence-electron chi connectivity index (χ2n) is 12.0. The Hall–Kier alpha value is -1.41. The van der Waals surface area contributed by atoms with Gasteiger partial charge in [-0.3, -0.25) is 4.79 Å². The minimum Gasteiger partial charge on any atom is -0.390 e. The molecule has 0 radical (unpaired) electrons. The Morgan fingerprint density at radius 1 is 0.867 bits per heavy atom. The smallest absolute Gasteiger partial charge is 0.159 e. The maximum Gasteiger partial charge on any atom is 0.159 e. The third kappa shape index (κ3) is 2.68. The number of aliphatic hydroxyl groups is 1. The van der Waals surface area contributed by atoms with E-state index < -0.39 is 5.60 Å². The van der Waals surface area contributed by atoms with E-state index in [4.69, 9.17) is 0 Å². The number of allylic oxidation sites excluding steroid dienone is 1. The molecular weight excluding hydrogens is 368 g/mol. The molecule has 4 fully saturated rings. The normalized spacial score (nSPS) is 49.4. The van der Waals surface area contributed by atoms with Crippen molar-refractivity contribution in [3.8, 4) is 0 Å². The standard InChI is InChI=1S/C28H38O2/c1-25-13-10-21-22-12-15-28(4,30)26(22,2)14-11-23(21)27(25,3)17-20(24(29)18-25)16-19-8-6-5-7-9-19/h5-9,16,21-23,30H,10-15,17-18H2,1-4H3/b20-16+/t21-,22+,23-,25-,26+,27-,28-/m0/s1. The number of carbonyl (C=O) groups is 1. The van der Waals surface area contributed by atoms with Crippen LogP contribution in [0.4, 0.5) is 0 Å². The zero-order valence-corrected chi connectivity index (χ0v) is 19.2. The zero-order chi connectivity index (χ0) is 21.4. The Bertz CT molecular complexity index is 883. The quantitative estimate of drug-likeness (QED) is 0.545. The van der Waals surface area contributed by atoms with Gasteiger partial charge in [0.25, 0.3) is 0 Å². The number of fused-ring (bicyclic) bond motifs is 5. The summed E-state index contributed by atoms with van der Waals surface area (Å²) in [6, 6.07) is 10.3. The number of benzene rings is 1. The highest BCUT2D eigenvalue weighted by atomic mass is 16.3. The van der Waals surface area contributed by atoms with Gasteiger partial charge in [0.05, 0.1) is 5.60 Å². The Kier molecular flexibility index (Phi) is 4.47. The molecule has 1 aromatic rings. The molecule has 0 saturated heterocycles. The molecule has 162 valence electrons. The second-order valence-corrected chi connectivity index (χ2v) is 12.0. The summed E-state index contributed by atoms with van der Waals surface area (Å²) in [5.74, 6) is 2.35. The van der Waals surface area contributed by atoms with Crippen LogP contribution in [0.2, 0.25) is 0 Å². The summed E-state index contributed by atoms with van der Waals surface area (Å²) >= 11 is 0. The van der Waals surface area contributed by atoms with Crippen molar-refractivity contribution < 1.29 is 9.90 Å². The first-order valence-corrected chi connectivity index (χ1v) is 12.1. The molecular formula is C28H38O2. The SMILES string of the molecule is C[C@@]12CC[C@H]3[C@H]4CC[C@](C)(O)[C@]4(C)CC[C@@H]3[C@]1(C)C/C(=C\c1ccccc1)C(=O)C2. The topological polar surface area (TPSA) is 37.3 Å². The van der Waals surface area contributed by atoms with Gasteiger partial charge in [-0.25, -0.2) is 0 Å². The molecule has 5 rings (SSSR count). The highest BCUT2D eigenvalue weighted by Gasteiger charge is 2.65. The van der Waals surface area contributed by atoms with Crippen molar-refractivity contribution in [1.29, 1.82) is 0 Å². The van der Waals surface area contributed by atoms with Crippen molar-refractivity contribution in [1.82, 2.24) is 0 Å². The number of hydrogen-bond acceptors (Lipinski definition) is 2. The van der Waals surface area contributed by atoms with Gasteiger partial charge in [0.15, 0.2) is 5.78 Å². The van der Waals surface area contributed by atoms with E-state index in [1.165, 1.54) is 19.3 Å². The first-order chi connectivity index (χ1) is 14.1. The van der Waals surface area contributed by atoms with Gasteiger partial charge in [-0.1, -0.05) is 51.1 Å². The minimum absolute atomic E-state index is 0.0610. The Morgan fingerprint density at radius 2 is 1.53 bits per heavy atom. The molecule has 0 unspecified atom stereocenters. The van der Waals surface area contributed by atoms with E-state index >= 15 is 0 Å². The van der Waals surface area contributed by atoms with Crippen LogP contribution in [0.5, 0.6) is 0 Å². The fourth-order valence-corrected chi connectivity index (χ4v) is 8.42. The summed E-state index contributed by atoms with van der Waals surface area (Å²) in [4.78, 5) is 13.2. The van der Waals surface area contributed by atoms with E-state index in [0.717, 1.165) is 36.8 Å². The summed E-state index contributed by atoms with van der Waals surface area (Å²) in [5.41, 5.74) is 1.99. The predicted octanol–water partition coefficient (Wildman–Crippen LogP) is 6.43. The van der Waals surface area contributed by atoms with Gasteiger partial charge in [0, 0.05) is 6.42 Å².